The quantitative estimate of drug-likeness (QED) is 0.589. The van der Waals surface area contributed by atoms with Gasteiger partial charge in [0.15, 0.2) is 11.0 Å². The third kappa shape index (κ3) is 5.27. The Morgan fingerprint density at radius 3 is 2.67 bits per heavy atom. The molecule has 156 valence electrons. The van der Waals surface area contributed by atoms with Crippen molar-refractivity contribution in [2.45, 2.75) is 18.6 Å². The maximum absolute atomic E-state index is 12.5. The number of nitrogens with one attached hydrogen (secondary N) is 1. The lowest BCUT2D eigenvalue weighted by Gasteiger charge is -2.26. The highest BCUT2D eigenvalue weighted by molar-refractivity contribution is 7.99. The van der Waals surface area contributed by atoms with Gasteiger partial charge in [-0.15, -0.1) is 10.2 Å². The number of benzene rings is 2. The SMILES string of the molecule is Cc1cccc(NC(=O)CSc2nnc(CN3CCOCC3)n2-c2ccccc2)c1. The van der Waals surface area contributed by atoms with Crippen molar-refractivity contribution in [3.63, 3.8) is 0 Å². The average Bonchev–Trinajstić information content (AvgIpc) is 3.16. The van der Waals surface area contributed by atoms with Crippen LogP contribution < -0.4 is 5.32 Å². The Hall–Kier alpha value is -2.68. The molecule has 2 heterocycles. The third-order valence-corrected chi connectivity index (χ3v) is 5.75. The second-order valence-electron chi connectivity index (χ2n) is 7.16. The number of morpholine rings is 1. The van der Waals surface area contributed by atoms with E-state index in [2.05, 4.69) is 20.4 Å². The predicted octanol–water partition coefficient (Wildman–Crippen LogP) is 3.14. The number of anilines is 1. The lowest BCUT2D eigenvalue weighted by Crippen LogP contribution is -2.36. The molecule has 0 unspecified atom stereocenters. The first-order valence-electron chi connectivity index (χ1n) is 9.98. The van der Waals surface area contributed by atoms with Crippen LogP contribution in [0.1, 0.15) is 11.4 Å². The Balaban J connectivity index is 1.48. The summed E-state index contributed by atoms with van der Waals surface area (Å²) in [6.07, 6.45) is 0. The van der Waals surface area contributed by atoms with Gasteiger partial charge in [-0.2, -0.15) is 0 Å². The van der Waals surface area contributed by atoms with E-state index in [1.54, 1.807) is 0 Å². The van der Waals surface area contributed by atoms with Gasteiger partial charge in [0.1, 0.15) is 0 Å². The Bertz CT molecular complexity index is 986. The van der Waals surface area contributed by atoms with Crippen molar-refractivity contribution >= 4 is 23.4 Å². The number of ether oxygens (including phenoxy) is 1. The van der Waals surface area contributed by atoms with Crippen LogP contribution in [-0.4, -0.2) is 57.6 Å². The van der Waals surface area contributed by atoms with Gasteiger partial charge in [-0.05, 0) is 36.8 Å². The van der Waals surface area contributed by atoms with Gasteiger partial charge in [0, 0.05) is 24.5 Å². The summed E-state index contributed by atoms with van der Waals surface area (Å²) < 4.78 is 7.49. The summed E-state index contributed by atoms with van der Waals surface area (Å²) in [4.78, 5) is 14.8. The molecule has 30 heavy (non-hydrogen) atoms. The summed E-state index contributed by atoms with van der Waals surface area (Å²) >= 11 is 1.39. The summed E-state index contributed by atoms with van der Waals surface area (Å²) in [5.74, 6) is 1.06. The molecule has 0 atom stereocenters. The van der Waals surface area contributed by atoms with E-state index < -0.39 is 0 Å². The zero-order valence-electron chi connectivity index (χ0n) is 17.0. The zero-order chi connectivity index (χ0) is 20.8. The van der Waals surface area contributed by atoms with E-state index in [0.29, 0.717) is 11.7 Å². The van der Waals surface area contributed by atoms with Crippen LogP contribution in [0.3, 0.4) is 0 Å². The molecule has 0 bridgehead atoms. The molecule has 8 heteroatoms. The molecule has 1 N–H and O–H groups in total. The Kier molecular flexibility index (Phi) is 6.78. The molecule has 1 amide bonds. The first kappa shape index (κ1) is 20.6. The van der Waals surface area contributed by atoms with Gasteiger partial charge in [-0.25, -0.2) is 0 Å². The van der Waals surface area contributed by atoms with Crippen LogP contribution in [0.25, 0.3) is 5.69 Å². The van der Waals surface area contributed by atoms with Gasteiger partial charge in [0.05, 0.1) is 25.5 Å². The topological polar surface area (TPSA) is 72.3 Å². The number of carbonyl (C=O) groups excluding carboxylic acids is 1. The normalized spacial score (nSPS) is 14.6. The number of nitrogens with zero attached hydrogens (tertiary/aromatic N) is 4. The number of thioether (sulfide) groups is 1. The molecule has 0 spiro atoms. The average molecular weight is 424 g/mol. The molecule has 7 nitrogen and oxygen atoms in total. The molecule has 1 aromatic heterocycles. The number of rotatable bonds is 7. The molecular weight excluding hydrogens is 398 g/mol. The molecule has 2 aromatic carbocycles. The monoisotopic (exact) mass is 423 g/mol. The van der Waals surface area contributed by atoms with E-state index in [0.717, 1.165) is 49.1 Å². The fourth-order valence-corrected chi connectivity index (χ4v) is 4.11. The molecular formula is C22H25N5O2S. The third-order valence-electron chi connectivity index (χ3n) is 4.82. The molecule has 1 aliphatic rings. The second kappa shape index (κ2) is 9.88. The van der Waals surface area contributed by atoms with Gasteiger partial charge in [0.25, 0.3) is 0 Å². The molecule has 0 saturated carbocycles. The van der Waals surface area contributed by atoms with Crippen LogP contribution in [0.5, 0.6) is 0 Å². The molecule has 1 fully saturated rings. The van der Waals surface area contributed by atoms with Crippen molar-refractivity contribution in [1.29, 1.82) is 0 Å². The van der Waals surface area contributed by atoms with Crippen molar-refractivity contribution in [3.8, 4) is 5.69 Å². The van der Waals surface area contributed by atoms with E-state index in [4.69, 9.17) is 4.74 Å². The van der Waals surface area contributed by atoms with Crippen LogP contribution in [0, 0.1) is 6.92 Å². The largest absolute Gasteiger partial charge is 0.379 e. The predicted molar refractivity (Wildman–Crippen MR) is 118 cm³/mol. The zero-order valence-corrected chi connectivity index (χ0v) is 17.8. The van der Waals surface area contributed by atoms with E-state index in [9.17, 15) is 4.79 Å². The summed E-state index contributed by atoms with van der Waals surface area (Å²) in [6, 6.07) is 17.8. The minimum absolute atomic E-state index is 0.0667. The summed E-state index contributed by atoms with van der Waals surface area (Å²) in [7, 11) is 0. The van der Waals surface area contributed by atoms with E-state index >= 15 is 0 Å². The summed E-state index contributed by atoms with van der Waals surface area (Å²) in [6.45, 7) is 5.93. The van der Waals surface area contributed by atoms with Gasteiger partial charge in [-0.3, -0.25) is 14.3 Å². The highest BCUT2D eigenvalue weighted by atomic mass is 32.2. The Morgan fingerprint density at radius 1 is 1.10 bits per heavy atom. The number of carbonyl (C=O) groups is 1. The van der Waals surface area contributed by atoms with E-state index in [-0.39, 0.29) is 11.7 Å². The maximum atomic E-state index is 12.5. The van der Waals surface area contributed by atoms with Gasteiger partial charge >= 0.3 is 0 Å². The highest BCUT2D eigenvalue weighted by Crippen LogP contribution is 2.23. The van der Waals surface area contributed by atoms with E-state index in [1.807, 2.05) is 66.1 Å². The van der Waals surface area contributed by atoms with Crippen LogP contribution >= 0.6 is 11.8 Å². The van der Waals surface area contributed by atoms with Crippen molar-refractivity contribution in [2.24, 2.45) is 0 Å². The fourth-order valence-electron chi connectivity index (χ4n) is 3.34. The van der Waals surface area contributed by atoms with Gasteiger partial charge in [-0.1, -0.05) is 42.1 Å². The van der Waals surface area contributed by atoms with Crippen LogP contribution in [-0.2, 0) is 16.1 Å². The van der Waals surface area contributed by atoms with Crippen LogP contribution in [0.4, 0.5) is 5.69 Å². The van der Waals surface area contributed by atoms with Crippen LogP contribution in [0.15, 0.2) is 59.8 Å². The molecule has 4 rings (SSSR count). The lowest BCUT2D eigenvalue weighted by atomic mass is 10.2. The van der Waals surface area contributed by atoms with Gasteiger partial charge < -0.3 is 10.1 Å². The lowest BCUT2D eigenvalue weighted by molar-refractivity contribution is -0.113. The van der Waals surface area contributed by atoms with E-state index in [1.165, 1.54) is 11.8 Å². The molecule has 0 radical (unpaired) electrons. The van der Waals surface area contributed by atoms with Crippen molar-refractivity contribution in [3.05, 3.63) is 66.0 Å². The van der Waals surface area contributed by atoms with Crippen LogP contribution in [0.2, 0.25) is 0 Å². The summed E-state index contributed by atoms with van der Waals surface area (Å²) in [5, 5.41) is 12.5. The fraction of sp³-hybridized carbons (Fsp3) is 0.318. The Labute approximate surface area is 180 Å². The Morgan fingerprint density at radius 2 is 1.90 bits per heavy atom. The first-order valence-corrected chi connectivity index (χ1v) is 11.0. The smallest absolute Gasteiger partial charge is 0.234 e. The van der Waals surface area contributed by atoms with Gasteiger partial charge in [0.2, 0.25) is 5.91 Å². The number of aryl methyl sites for hydroxylation is 1. The highest BCUT2D eigenvalue weighted by Gasteiger charge is 2.19. The molecule has 1 saturated heterocycles. The first-order chi connectivity index (χ1) is 14.7. The number of para-hydroxylation sites is 1. The molecule has 1 aliphatic heterocycles. The standard InChI is InChI=1S/C22H25N5O2S/c1-17-6-5-7-18(14-17)23-21(28)16-30-22-25-24-20(15-26-10-12-29-13-11-26)27(22)19-8-3-2-4-9-19/h2-9,14H,10-13,15-16H2,1H3,(H,23,28). The molecule has 3 aromatic rings. The number of hydrogen-bond acceptors (Lipinski definition) is 6. The van der Waals surface area contributed by atoms with Crippen molar-refractivity contribution in [1.82, 2.24) is 19.7 Å². The van der Waals surface area contributed by atoms with Crippen molar-refractivity contribution in [2.75, 3.05) is 37.4 Å². The minimum atomic E-state index is -0.0667. The number of hydrogen-bond donors (Lipinski definition) is 1. The summed E-state index contributed by atoms with van der Waals surface area (Å²) in [5.41, 5.74) is 2.91. The number of amides is 1. The number of aromatic nitrogens is 3. The minimum Gasteiger partial charge on any atom is -0.379 e. The van der Waals surface area contributed by atoms with Crippen molar-refractivity contribution < 1.29 is 9.53 Å². The molecule has 0 aliphatic carbocycles. The second-order valence-corrected chi connectivity index (χ2v) is 8.11. The maximum Gasteiger partial charge on any atom is 0.234 e.